The van der Waals surface area contributed by atoms with E-state index in [1.165, 1.54) is 0 Å². The van der Waals surface area contributed by atoms with Crippen LogP contribution >= 0.6 is 0 Å². The standard InChI is InChI=1S/C33H33N3O5/c1-41-25-14-10-23(11-15-25)21-33(17-4-5-18-33)32(40)36-29(31(38)39)20-22-8-12-24(13-9-22)35-30(37)27-16-19-34-28-7-3-2-6-26(27)28/h2-3,6-16,19,29H,4-5,17-18,20-21H2,1H3,(H,35,37)(H,36,40)(H,38,39)/t29-/m0/s1. The van der Waals surface area contributed by atoms with Crippen molar-refractivity contribution >= 4 is 34.4 Å². The number of benzene rings is 3. The monoisotopic (exact) mass is 551 g/mol. The van der Waals surface area contributed by atoms with Crippen LogP contribution in [-0.4, -0.2) is 41.0 Å². The molecule has 5 rings (SSSR count). The van der Waals surface area contributed by atoms with Crippen molar-refractivity contribution < 1.29 is 24.2 Å². The zero-order valence-corrected chi connectivity index (χ0v) is 22.9. The highest BCUT2D eigenvalue weighted by Gasteiger charge is 2.42. The van der Waals surface area contributed by atoms with Crippen molar-refractivity contribution in [1.82, 2.24) is 10.3 Å². The molecule has 0 saturated heterocycles. The van der Waals surface area contributed by atoms with Crippen LogP contribution in [0, 0.1) is 5.41 Å². The minimum absolute atomic E-state index is 0.128. The average Bonchev–Trinajstić information content (AvgIpc) is 3.47. The first kappa shape index (κ1) is 27.8. The number of hydrogen-bond acceptors (Lipinski definition) is 5. The summed E-state index contributed by atoms with van der Waals surface area (Å²) < 4.78 is 5.24. The van der Waals surface area contributed by atoms with Crippen LogP contribution in [0.1, 0.15) is 47.2 Å². The molecule has 3 aromatic carbocycles. The molecule has 0 unspecified atom stereocenters. The fourth-order valence-electron chi connectivity index (χ4n) is 5.63. The van der Waals surface area contributed by atoms with E-state index >= 15 is 0 Å². The van der Waals surface area contributed by atoms with E-state index in [1.54, 1.807) is 43.6 Å². The van der Waals surface area contributed by atoms with Gasteiger partial charge in [0.2, 0.25) is 5.91 Å². The van der Waals surface area contributed by atoms with Crippen molar-refractivity contribution in [3.05, 3.63) is 102 Å². The number of methoxy groups -OCH3 is 1. The van der Waals surface area contributed by atoms with E-state index in [4.69, 9.17) is 4.74 Å². The van der Waals surface area contributed by atoms with E-state index in [0.717, 1.165) is 53.5 Å². The summed E-state index contributed by atoms with van der Waals surface area (Å²) in [6.07, 6.45) is 5.59. The van der Waals surface area contributed by atoms with Crippen molar-refractivity contribution in [3.63, 3.8) is 0 Å². The Morgan fingerprint density at radius 3 is 2.29 bits per heavy atom. The van der Waals surface area contributed by atoms with Crippen molar-refractivity contribution in [2.24, 2.45) is 5.41 Å². The number of hydrogen-bond donors (Lipinski definition) is 3. The lowest BCUT2D eigenvalue weighted by Gasteiger charge is -2.29. The van der Waals surface area contributed by atoms with E-state index in [2.05, 4.69) is 15.6 Å². The third kappa shape index (κ3) is 6.38. The zero-order valence-electron chi connectivity index (χ0n) is 22.9. The Kier molecular flexibility index (Phi) is 8.29. The van der Waals surface area contributed by atoms with Crippen LogP contribution in [0.5, 0.6) is 5.75 Å². The number of anilines is 1. The van der Waals surface area contributed by atoms with E-state index in [-0.39, 0.29) is 18.2 Å². The average molecular weight is 552 g/mol. The van der Waals surface area contributed by atoms with Crippen molar-refractivity contribution in [1.29, 1.82) is 0 Å². The summed E-state index contributed by atoms with van der Waals surface area (Å²) in [6, 6.07) is 22.7. The van der Waals surface area contributed by atoms with Crippen LogP contribution in [0.4, 0.5) is 5.69 Å². The Balaban J connectivity index is 1.24. The molecule has 210 valence electrons. The summed E-state index contributed by atoms with van der Waals surface area (Å²) in [7, 11) is 1.61. The molecule has 3 N–H and O–H groups in total. The molecule has 1 aromatic heterocycles. The van der Waals surface area contributed by atoms with Gasteiger partial charge < -0.3 is 20.5 Å². The zero-order chi connectivity index (χ0) is 28.8. The number of nitrogens with one attached hydrogen (secondary N) is 2. The van der Waals surface area contributed by atoms with E-state index in [9.17, 15) is 19.5 Å². The van der Waals surface area contributed by atoms with Crippen LogP contribution in [0.25, 0.3) is 10.9 Å². The molecule has 41 heavy (non-hydrogen) atoms. The second-order valence-corrected chi connectivity index (χ2v) is 10.6. The largest absolute Gasteiger partial charge is 0.497 e. The van der Waals surface area contributed by atoms with Crippen LogP contribution in [0.3, 0.4) is 0 Å². The summed E-state index contributed by atoms with van der Waals surface area (Å²) in [6.45, 7) is 0. The Hall–Kier alpha value is -4.72. The molecule has 8 nitrogen and oxygen atoms in total. The molecule has 1 atom stereocenters. The van der Waals surface area contributed by atoms with Crippen LogP contribution in [0.2, 0.25) is 0 Å². The normalized spacial score (nSPS) is 14.8. The molecular weight excluding hydrogens is 518 g/mol. The molecule has 0 spiro atoms. The van der Waals surface area contributed by atoms with Gasteiger partial charge in [0.1, 0.15) is 11.8 Å². The first-order valence-electron chi connectivity index (χ1n) is 13.8. The summed E-state index contributed by atoms with van der Waals surface area (Å²) in [5, 5.41) is 16.4. The van der Waals surface area contributed by atoms with Gasteiger partial charge in [0.25, 0.3) is 5.91 Å². The molecule has 1 aliphatic rings. The van der Waals surface area contributed by atoms with Gasteiger partial charge in [-0.3, -0.25) is 14.6 Å². The summed E-state index contributed by atoms with van der Waals surface area (Å²) in [4.78, 5) is 43.0. The third-order valence-electron chi connectivity index (χ3n) is 7.89. The summed E-state index contributed by atoms with van der Waals surface area (Å²) >= 11 is 0. The molecule has 4 aromatic rings. The molecule has 0 bridgehead atoms. The Morgan fingerprint density at radius 2 is 1.61 bits per heavy atom. The van der Waals surface area contributed by atoms with Crippen LogP contribution < -0.4 is 15.4 Å². The number of fused-ring (bicyclic) bond motifs is 1. The number of pyridine rings is 1. The molecule has 1 aliphatic carbocycles. The number of nitrogens with zero attached hydrogens (tertiary/aromatic N) is 1. The van der Waals surface area contributed by atoms with Crippen LogP contribution in [-0.2, 0) is 22.4 Å². The third-order valence-corrected chi connectivity index (χ3v) is 7.89. The van der Waals surface area contributed by atoms with Gasteiger partial charge in [-0.25, -0.2) is 4.79 Å². The summed E-state index contributed by atoms with van der Waals surface area (Å²) in [5.74, 6) is -0.809. The first-order chi connectivity index (χ1) is 19.9. The minimum Gasteiger partial charge on any atom is -0.497 e. The Morgan fingerprint density at radius 1 is 0.927 bits per heavy atom. The lowest BCUT2D eigenvalue weighted by Crippen LogP contribution is -2.49. The number of carbonyl (C=O) groups excluding carboxylic acids is 2. The number of aliphatic carboxylic acids is 1. The number of aromatic nitrogens is 1. The SMILES string of the molecule is COc1ccc(CC2(C(=O)N[C@@H](Cc3ccc(NC(=O)c4ccnc5ccccc45)cc3)C(=O)O)CCCC2)cc1. The van der Waals surface area contributed by atoms with Crippen molar-refractivity contribution in [3.8, 4) is 5.75 Å². The number of ether oxygens (including phenoxy) is 1. The highest BCUT2D eigenvalue weighted by molar-refractivity contribution is 6.12. The van der Waals surface area contributed by atoms with Crippen molar-refractivity contribution in [2.45, 2.75) is 44.6 Å². The summed E-state index contributed by atoms with van der Waals surface area (Å²) in [5.41, 5.74) is 2.96. The smallest absolute Gasteiger partial charge is 0.326 e. The molecule has 1 saturated carbocycles. The lowest BCUT2D eigenvalue weighted by atomic mass is 9.78. The second kappa shape index (κ2) is 12.2. The predicted molar refractivity (Wildman–Crippen MR) is 157 cm³/mol. The van der Waals surface area contributed by atoms with E-state index in [0.29, 0.717) is 17.7 Å². The van der Waals surface area contributed by atoms with Crippen LogP contribution in [0.15, 0.2) is 85.1 Å². The maximum absolute atomic E-state index is 13.6. The molecule has 0 radical (unpaired) electrons. The maximum Gasteiger partial charge on any atom is 0.326 e. The number of rotatable bonds is 10. The fraction of sp³-hybridized carbons (Fsp3) is 0.273. The lowest BCUT2D eigenvalue weighted by molar-refractivity contribution is -0.143. The van der Waals surface area contributed by atoms with Gasteiger partial charge in [-0.15, -0.1) is 0 Å². The van der Waals surface area contributed by atoms with Gasteiger partial charge in [0, 0.05) is 23.7 Å². The first-order valence-corrected chi connectivity index (χ1v) is 13.8. The van der Waals surface area contributed by atoms with E-state index in [1.807, 2.05) is 48.5 Å². The molecule has 1 heterocycles. The maximum atomic E-state index is 13.6. The number of amides is 2. The highest BCUT2D eigenvalue weighted by atomic mass is 16.5. The molecule has 0 aliphatic heterocycles. The fourth-order valence-corrected chi connectivity index (χ4v) is 5.63. The van der Waals surface area contributed by atoms with Gasteiger partial charge in [-0.05, 0) is 66.8 Å². The van der Waals surface area contributed by atoms with Gasteiger partial charge in [-0.2, -0.15) is 0 Å². The van der Waals surface area contributed by atoms with Gasteiger partial charge >= 0.3 is 5.97 Å². The Bertz CT molecular complexity index is 1540. The molecule has 2 amide bonds. The van der Waals surface area contributed by atoms with Gasteiger partial charge in [-0.1, -0.05) is 55.3 Å². The molecule has 1 fully saturated rings. The topological polar surface area (TPSA) is 118 Å². The van der Waals surface area contributed by atoms with E-state index < -0.39 is 17.4 Å². The minimum atomic E-state index is -1.09. The quantitative estimate of drug-likeness (QED) is 0.243. The second-order valence-electron chi connectivity index (χ2n) is 10.6. The number of carboxylic acid groups (broad SMARTS) is 1. The molecular formula is C33H33N3O5. The van der Waals surface area contributed by atoms with Gasteiger partial charge in [0.05, 0.1) is 23.6 Å². The Labute approximate surface area is 238 Å². The number of para-hydroxylation sites is 1. The van der Waals surface area contributed by atoms with Gasteiger partial charge in [0.15, 0.2) is 0 Å². The highest BCUT2D eigenvalue weighted by Crippen LogP contribution is 2.41. The number of carbonyl (C=O) groups is 3. The molecule has 8 heteroatoms. The predicted octanol–water partition coefficient (Wildman–Crippen LogP) is 5.41. The van der Waals surface area contributed by atoms with Crippen molar-refractivity contribution in [2.75, 3.05) is 12.4 Å². The number of carboxylic acids is 1.